The quantitative estimate of drug-likeness (QED) is 0.786. The molecule has 6 nitrogen and oxygen atoms in total. The van der Waals surface area contributed by atoms with Crippen LogP contribution in [0.1, 0.15) is 41.6 Å². The molecule has 0 saturated carbocycles. The average Bonchev–Trinajstić information content (AvgIpc) is 2.71. The molecule has 0 aromatic carbocycles. The normalized spacial score (nSPS) is 10.7. The molecule has 0 saturated heterocycles. The van der Waals surface area contributed by atoms with Gasteiger partial charge in [-0.1, -0.05) is 13.8 Å². The number of aryl methyl sites for hydroxylation is 1. The zero-order valence-corrected chi connectivity index (χ0v) is 11.2. The molecule has 0 spiro atoms. The minimum atomic E-state index is -0.328. The number of nitrogens with two attached hydrogens (primary N) is 1. The Balaban J connectivity index is 2.21. The molecule has 0 fully saturated rings. The second kappa shape index (κ2) is 5.09. The van der Waals surface area contributed by atoms with Crippen molar-refractivity contribution in [1.29, 1.82) is 0 Å². The van der Waals surface area contributed by atoms with E-state index in [4.69, 9.17) is 5.73 Å². The number of nitrogen functional groups attached to an aromatic ring is 1. The van der Waals surface area contributed by atoms with Gasteiger partial charge in [0.25, 0.3) is 5.91 Å². The first-order valence-electron chi connectivity index (χ1n) is 6.06. The molecule has 0 aliphatic carbocycles. The van der Waals surface area contributed by atoms with E-state index in [0.29, 0.717) is 11.4 Å². The second-order valence-corrected chi connectivity index (χ2v) is 4.69. The third-order valence-electron chi connectivity index (χ3n) is 2.78. The van der Waals surface area contributed by atoms with E-state index in [2.05, 4.69) is 20.5 Å². The van der Waals surface area contributed by atoms with Crippen LogP contribution in [0.25, 0.3) is 0 Å². The summed E-state index contributed by atoms with van der Waals surface area (Å²) in [6.45, 7) is 5.82. The third-order valence-corrected chi connectivity index (χ3v) is 2.78. The van der Waals surface area contributed by atoms with E-state index < -0.39 is 0 Å². The Hall–Kier alpha value is -2.37. The molecule has 0 unspecified atom stereocenters. The molecule has 19 heavy (non-hydrogen) atoms. The van der Waals surface area contributed by atoms with E-state index in [0.717, 1.165) is 11.4 Å². The molecular weight excluding hydrogens is 242 g/mol. The molecule has 6 heteroatoms. The molecule has 0 aliphatic rings. The number of carbonyl (C=O) groups excluding carboxylic acids is 1. The first kappa shape index (κ1) is 13.1. The van der Waals surface area contributed by atoms with Crippen molar-refractivity contribution >= 4 is 17.3 Å². The van der Waals surface area contributed by atoms with Gasteiger partial charge in [-0.15, -0.1) is 0 Å². The molecule has 2 rings (SSSR count). The second-order valence-electron chi connectivity index (χ2n) is 4.69. The lowest BCUT2D eigenvalue weighted by Crippen LogP contribution is -2.14. The Kier molecular flexibility index (Phi) is 3.50. The van der Waals surface area contributed by atoms with E-state index >= 15 is 0 Å². The first-order chi connectivity index (χ1) is 8.99. The molecule has 0 atom stereocenters. The maximum Gasteiger partial charge on any atom is 0.278 e. The highest BCUT2D eigenvalue weighted by Gasteiger charge is 2.18. The smallest absolute Gasteiger partial charge is 0.278 e. The third kappa shape index (κ3) is 2.73. The Morgan fingerprint density at radius 2 is 2.21 bits per heavy atom. The van der Waals surface area contributed by atoms with Crippen LogP contribution in [0, 0.1) is 6.92 Å². The summed E-state index contributed by atoms with van der Waals surface area (Å²) in [6.07, 6.45) is 1.64. The summed E-state index contributed by atoms with van der Waals surface area (Å²) in [5, 5.41) is 9.53. The van der Waals surface area contributed by atoms with Crippen LogP contribution in [-0.2, 0) is 0 Å². The van der Waals surface area contributed by atoms with Gasteiger partial charge in [0.2, 0.25) is 0 Å². The predicted octanol–water partition coefficient (Wildman–Crippen LogP) is 2.07. The number of pyridine rings is 1. The Labute approximate surface area is 111 Å². The van der Waals surface area contributed by atoms with Crippen LogP contribution in [0.5, 0.6) is 0 Å². The minimum Gasteiger partial charge on any atom is -0.395 e. The Bertz CT molecular complexity index is 603. The highest BCUT2D eigenvalue weighted by Crippen LogP contribution is 2.22. The molecule has 0 bridgehead atoms. The van der Waals surface area contributed by atoms with Crippen LogP contribution >= 0.6 is 0 Å². The summed E-state index contributed by atoms with van der Waals surface area (Å²) in [7, 11) is 0. The fourth-order valence-electron chi connectivity index (χ4n) is 1.79. The number of carbonyl (C=O) groups is 1. The van der Waals surface area contributed by atoms with Crippen LogP contribution in [-0.4, -0.2) is 21.1 Å². The lowest BCUT2D eigenvalue weighted by molar-refractivity contribution is 0.102. The number of aromatic nitrogens is 3. The maximum absolute atomic E-state index is 12.1. The number of nitrogens with zero attached hydrogens (tertiary/aromatic N) is 2. The van der Waals surface area contributed by atoms with Crippen molar-refractivity contribution in [1.82, 2.24) is 15.2 Å². The number of anilines is 2. The molecule has 0 aliphatic heterocycles. The summed E-state index contributed by atoms with van der Waals surface area (Å²) >= 11 is 0. The van der Waals surface area contributed by atoms with E-state index in [9.17, 15) is 4.79 Å². The predicted molar refractivity (Wildman–Crippen MR) is 74.0 cm³/mol. The molecule has 2 aromatic heterocycles. The van der Waals surface area contributed by atoms with Gasteiger partial charge in [0.05, 0.1) is 11.4 Å². The number of hydrogen-bond donors (Lipinski definition) is 3. The van der Waals surface area contributed by atoms with Gasteiger partial charge in [0.1, 0.15) is 0 Å². The lowest BCUT2D eigenvalue weighted by Gasteiger charge is -2.05. The highest BCUT2D eigenvalue weighted by atomic mass is 16.2. The first-order valence-corrected chi connectivity index (χ1v) is 6.06. The Morgan fingerprint density at radius 1 is 1.47 bits per heavy atom. The summed E-state index contributed by atoms with van der Waals surface area (Å²) in [6, 6.07) is 3.50. The van der Waals surface area contributed by atoms with Gasteiger partial charge in [-0.05, 0) is 25.0 Å². The average molecular weight is 259 g/mol. The number of aromatic amines is 1. The van der Waals surface area contributed by atoms with Crippen LogP contribution < -0.4 is 11.1 Å². The zero-order chi connectivity index (χ0) is 14.0. The van der Waals surface area contributed by atoms with Crippen LogP contribution in [0.2, 0.25) is 0 Å². The number of rotatable bonds is 3. The fraction of sp³-hybridized carbons (Fsp3) is 0.308. The van der Waals surface area contributed by atoms with Gasteiger partial charge in [0, 0.05) is 17.6 Å². The van der Waals surface area contributed by atoms with Gasteiger partial charge in [-0.25, -0.2) is 0 Å². The number of H-pyrrole nitrogens is 1. The van der Waals surface area contributed by atoms with Crippen molar-refractivity contribution in [2.75, 3.05) is 11.1 Å². The van der Waals surface area contributed by atoms with Gasteiger partial charge in [0.15, 0.2) is 5.69 Å². The van der Waals surface area contributed by atoms with Crippen LogP contribution in [0.15, 0.2) is 18.3 Å². The monoisotopic (exact) mass is 259 g/mol. The van der Waals surface area contributed by atoms with E-state index in [-0.39, 0.29) is 17.5 Å². The highest BCUT2D eigenvalue weighted by molar-refractivity contribution is 6.06. The van der Waals surface area contributed by atoms with Crippen molar-refractivity contribution in [3.05, 3.63) is 35.4 Å². The molecule has 2 aromatic rings. The minimum absolute atomic E-state index is 0.192. The zero-order valence-electron chi connectivity index (χ0n) is 11.2. The van der Waals surface area contributed by atoms with Gasteiger partial charge in [-0.2, -0.15) is 5.10 Å². The summed E-state index contributed by atoms with van der Waals surface area (Å²) in [4.78, 5) is 16.2. The summed E-state index contributed by atoms with van der Waals surface area (Å²) < 4.78 is 0. The number of nitrogens with one attached hydrogen (secondary N) is 2. The van der Waals surface area contributed by atoms with E-state index in [1.54, 1.807) is 18.3 Å². The van der Waals surface area contributed by atoms with E-state index in [1.165, 1.54) is 0 Å². The molecule has 100 valence electrons. The summed E-state index contributed by atoms with van der Waals surface area (Å²) in [5.74, 6) is -0.136. The maximum atomic E-state index is 12.1. The molecule has 1 amide bonds. The number of hydrogen-bond acceptors (Lipinski definition) is 4. The SMILES string of the molecule is Cc1cc(NC(=O)c2n[nH]c(C(C)C)c2N)ccn1. The van der Waals surface area contributed by atoms with Crippen molar-refractivity contribution in [3.63, 3.8) is 0 Å². The van der Waals surface area contributed by atoms with Gasteiger partial charge in [-0.3, -0.25) is 14.9 Å². The van der Waals surface area contributed by atoms with Crippen molar-refractivity contribution in [2.45, 2.75) is 26.7 Å². The van der Waals surface area contributed by atoms with Crippen molar-refractivity contribution in [2.24, 2.45) is 0 Å². The summed E-state index contributed by atoms with van der Waals surface area (Å²) in [5.41, 5.74) is 8.82. The molecule has 4 N–H and O–H groups in total. The van der Waals surface area contributed by atoms with Gasteiger partial charge < -0.3 is 11.1 Å². The number of amides is 1. The standard InChI is InChI=1S/C13H17N5O/c1-7(2)11-10(14)12(18-17-11)13(19)16-9-4-5-15-8(3)6-9/h4-7H,14H2,1-3H3,(H,17,18)(H,15,16,19). The van der Waals surface area contributed by atoms with E-state index in [1.807, 2.05) is 20.8 Å². The van der Waals surface area contributed by atoms with Crippen molar-refractivity contribution in [3.8, 4) is 0 Å². The lowest BCUT2D eigenvalue weighted by atomic mass is 10.1. The fourth-order valence-corrected chi connectivity index (χ4v) is 1.79. The molecule has 0 radical (unpaired) electrons. The molecule has 2 heterocycles. The topological polar surface area (TPSA) is 96.7 Å². The van der Waals surface area contributed by atoms with Gasteiger partial charge >= 0.3 is 0 Å². The molecular formula is C13H17N5O. The van der Waals surface area contributed by atoms with Crippen molar-refractivity contribution < 1.29 is 4.79 Å². The van der Waals surface area contributed by atoms with Crippen LogP contribution in [0.3, 0.4) is 0 Å². The Morgan fingerprint density at radius 3 is 2.79 bits per heavy atom. The van der Waals surface area contributed by atoms with Crippen LogP contribution in [0.4, 0.5) is 11.4 Å². The largest absolute Gasteiger partial charge is 0.395 e.